The molecule has 1 aromatic rings. The molecule has 2 fully saturated rings. The number of likely N-dealkylation sites (tertiary alicyclic amines) is 2. The first-order valence-electron chi connectivity index (χ1n) is 10.5. The fourth-order valence-electron chi connectivity index (χ4n) is 4.66. The number of hydrogen-bond acceptors (Lipinski definition) is 4. The van der Waals surface area contributed by atoms with Crippen molar-refractivity contribution in [2.75, 3.05) is 26.2 Å². The number of allylic oxidation sites excluding steroid dienone is 3. The van der Waals surface area contributed by atoms with Crippen LogP contribution in [-0.2, 0) is 14.8 Å². The summed E-state index contributed by atoms with van der Waals surface area (Å²) in [5, 5.41) is 5.16. The van der Waals surface area contributed by atoms with Gasteiger partial charge in [0.2, 0.25) is 15.9 Å². The zero-order chi connectivity index (χ0) is 20.4. The van der Waals surface area contributed by atoms with Gasteiger partial charge in [0.25, 0.3) is 0 Å². The van der Waals surface area contributed by atoms with E-state index in [0.717, 1.165) is 62.2 Å². The molecule has 2 saturated heterocycles. The van der Waals surface area contributed by atoms with Gasteiger partial charge in [-0.2, -0.15) is 0 Å². The van der Waals surface area contributed by atoms with E-state index < -0.39 is 10.0 Å². The van der Waals surface area contributed by atoms with Crippen molar-refractivity contribution in [3.63, 3.8) is 0 Å². The first-order valence-corrected chi connectivity index (χ1v) is 12.0. The number of sulfonamides is 1. The van der Waals surface area contributed by atoms with Crippen LogP contribution < -0.4 is 5.14 Å². The maximum atomic E-state index is 13.1. The number of benzene rings is 1. The van der Waals surface area contributed by atoms with Gasteiger partial charge in [0.05, 0.1) is 4.90 Å². The maximum absolute atomic E-state index is 13.1. The Morgan fingerprint density at radius 3 is 2.34 bits per heavy atom. The average molecular weight is 416 g/mol. The van der Waals surface area contributed by atoms with Crippen molar-refractivity contribution in [3.8, 4) is 0 Å². The molecule has 0 saturated carbocycles. The van der Waals surface area contributed by atoms with E-state index in [1.54, 1.807) is 12.1 Å². The zero-order valence-corrected chi connectivity index (χ0v) is 17.5. The van der Waals surface area contributed by atoms with Crippen molar-refractivity contribution in [2.45, 2.75) is 49.5 Å². The van der Waals surface area contributed by atoms with Gasteiger partial charge < -0.3 is 9.80 Å². The fraction of sp³-hybridized carbons (Fsp3) is 0.500. The maximum Gasteiger partial charge on any atom is 0.250 e. The third-order valence-electron chi connectivity index (χ3n) is 6.28. The lowest BCUT2D eigenvalue weighted by Gasteiger charge is -2.30. The van der Waals surface area contributed by atoms with Crippen molar-refractivity contribution < 1.29 is 13.2 Å². The molecule has 0 aromatic heterocycles. The predicted octanol–water partition coefficient (Wildman–Crippen LogP) is 2.52. The molecular formula is C22H29N3O3S. The molecule has 3 aliphatic rings. The summed E-state index contributed by atoms with van der Waals surface area (Å²) in [5.74, 6) is 0.187. The highest BCUT2D eigenvalue weighted by molar-refractivity contribution is 7.89. The lowest BCUT2D eigenvalue weighted by atomic mass is 9.92. The molecule has 0 radical (unpaired) electrons. The smallest absolute Gasteiger partial charge is 0.250 e. The highest BCUT2D eigenvalue weighted by Gasteiger charge is 2.32. The molecule has 2 N–H and O–H groups in total. The first kappa shape index (κ1) is 20.3. The number of carbonyl (C=O) groups excluding carboxylic acids is 1. The van der Waals surface area contributed by atoms with Gasteiger partial charge >= 0.3 is 0 Å². The summed E-state index contributed by atoms with van der Waals surface area (Å²) < 4.78 is 22.8. The molecular weight excluding hydrogens is 386 g/mol. The Hall–Kier alpha value is -1.96. The Morgan fingerprint density at radius 2 is 1.72 bits per heavy atom. The molecule has 1 aliphatic carbocycles. The van der Waals surface area contributed by atoms with Crippen molar-refractivity contribution in [2.24, 2.45) is 5.14 Å². The minimum atomic E-state index is -3.68. The summed E-state index contributed by atoms with van der Waals surface area (Å²) in [4.78, 5) is 17.8. The number of nitrogens with zero attached hydrogens (tertiary/aromatic N) is 2. The van der Waals surface area contributed by atoms with Gasteiger partial charge in [-0.25, -0.2) is 13.6 Å². The summed E-state index contributed by atoms with van der Waals surface area (Å²) in [7, 11) is -3.68. The quantitative estimate of drug-likeness (QED) is 0.801. The molecule has 0 spiro atoms. The highest BCUT2D eigenvalue weighted by atomic mass is 32.2. The lowest BCUT2D eigenvalue weighted by Crippen LogP contribution is -2.43. The minimum absolute atomic E-state index is 0.113. The molecule has 2 heterocycles. The lowest BCUT2D eigenvalue weighted by molar-refractivity contribution is -0.128. The van der Waals surface area contributed by atoms with Gasteiger partial charge in [-0.1, -0.05) is 24.3 Å². The van der Waals surface area contributed by atoms with Crippen LogP contribution in [0.25, 0.3) is 5.57 Å². The Balaban J connectivity index is 1.44. The second-order valence-corrected chi connectivity index (χ2v) is 9.82. The molecule has 0 bridgehead atoms. The highest BCUT2D eigenvalue weighted by Crippen LogP contribution is 2.30. The first-order chi connectivity index (χ1) is 13.9. The van der Waals surface area contributed by atoms with Crippen LogP contribution in [0.5, 0.6) is 0 Å². The van der Waals surface area contributed by atoms with Gasteiger partial charge in [0, 0.05) is 24.7 Å². The predicted molar refractivity (Wildman–Crippen MR) is 114 cm³/mol. The number of amides is 1. The number of carbonyl (C=O) groups is 1. The monoisotopic (exact) mass is 415 g/mol. The Bertz CT molecular complexity index is 929. The molecule has 1 atom stereocenters. The largest absolute Gasteiger partial charge is 0.335 e. The van der Waals surface area contributed by atoms with E-state index in [2.05, 4.69) is 9.80 Å². The molecule has 1 unspecified atom stereocenters. The average Bonchev–Trinajstić information content (AvgIpc) is 3.39. The van der Waals surface area contributed by atoms with E-state index in [9.17, 15) is 13.2 Å². The third kappa shape index (κ3) is 4.63. The van der Waals surface area contributed by atoms with Crippen molar-refractivity contribution >= 4 is 21.5 Å². The van der Waals surface area contributed by atoms with E-state index in [1.165, 1.54) is 25.0 Å². The second kappa shape index (κ2) is 8.42. The number of nitrogens with two attached hydrogens (primary N) is 1. The van der Waals surface area contributed by atoms with Crippen LogP contribution in [-0.4, -0.2) is 56.3 Å². The fourth-order valence-corrected chi connectivity index (χ4v) is 5.17. The Morgan fingerprint density at radius 1 is 1.00 bits per heavy atom. The summed E-state index contributed by atoms with van der Waals surface area (Å²) in [5.41, 5.74) is 2.95. The molecule has 6 nitrogen and oxygen atoms in total. The van der Waals surface area contributed by atoms with E-state index in [0.29, 0.717) is 12.5 Å². The van der Waals surface area contributed by atoms with E-state index in [1.807, 2.05) is 12.2 Å². The Kier molecular flexibility index (Phi) is 5.90. The Labute approximate surface area is 173 Å². The zero-order valence-electron chi connectivity index (χ0n) is 16.7. The van der Waals surface area contributed by atoms with Gasteiger partial charge in [-0.05, 0) is 74.9 Å². The van der Waals surface area contributed by atoms with Gasteiger partial charge in [-0.3, -0.25) is 4.79 Å². The topological polar surface area (TPSA) is 83.7 Å². The van der Waals surface area contributed by atoms with Gasteiger partial charge in [-0.15, -0.1) is 0 Å². The molecule has 2 aliphatic heterocycles. The van der Waals surface area contributed by atoms with Crippen LogP contribution in [0, 0.1) is 0 Å². The normalized spacial score (nSPS) is 23.2. The van der Waals surface area contributed by atoms with Crippen LogP contribution in [0.4, 0.5) is 0 Å². The van der Waals surface area contributed by atoms with Gasteiger partial charge in [0.15, 0.2) is 0 Å². The van der Waals surface area contributed by atoms with Crippen LogP contribution in [0.2, 0.25) is 0 Å². The van der Waals surface area contributed by atoms with Gasteiger partial charge in [0.1, 0.15) is 0 Å². The standard InChI is InChI=1S/C22H29N3O3S/c23-29(27,28)21-11-9-18(10-12-21)17-5-7-19(8-6-17)22(26)25-15-3-4-20(25)16-24-13-1-2-14-24/h5,7,9-12,20H,1-4,6,8,13-16H2,(H2,23,27,28). The number of rotatable bonds is 5. The minimum Gasteiger partial charge on any atom is -0.335 e. The van der Waals surface area contributed by atoms with Crippen LogP contribution in [0.3, 0.4) is 0 Å². The number of primary sulfonamides is 1. The van der Waals surface area contributed by atoms with E-state index >= 15 is 0 Å². The number of hydrogen-bond donors (Lipinski definition) is 1. The SMILES string of the molecule is NS(=O)(=O)c1ccc(C2=CC=C(C(=O)N3CCCC3CN3CCCC3)CC2)cc1. The van der Waals surface area contributed by atoms with Crippen molar-refractivity contribution in [1.29, 1.82) is 0 Å². The molecule has 156 valence electrons. The summed E-state index contributed by atoms with van der Waals surface area (Å²) in [6.45, 7) is 4.20. The summed E-state index contributed by atoms with van der Waals surface area (Å²) >= 11 is 0. The summed E-state index contributed by atoms with van der Waals surface area (Å²) in [6.07, 6.45) is 10.2. The van der Waals surface area contributed by atoms with Crippen LogP contribution in [0.1, 0.15) is 44.1 Å². The summed E-state index contributed by atoms with van der Waals surface area (Å²) in [6, 6.07) is 6.96. The molecule has 1 aromatic carbocycles. The molecule has 1 amide bonds. The molecule has 29 heavy (non-hydrogen) atoms. The van der Waals surface area contributed by atoms with Crippen molar-refractivity contribution in [1.82, 2.24) is 9.80 Å². The van der Waals surface area contributed by atoms with Crippen LogP contribution >= 0.6 is 0 Å². The molecule has 4 rings (SSSR count). The van der Waals surface area contributed by atoms with E-state index in [4.69, 9.17) is 5.14 Å². The van der Waals surface area contributed by atoms with E-state index in [-0.39, 0.29) is 10.8 Å². The second-order valence-electron chi connectivity index (χ2n) is 8.26. The third-order valence-corrected chi connectivity index (χ3v) is 7.21. The van der Waals surface area contributed by atoms with Crippen molar-refractivity contribution in [3.05, 3.63) is 47.6 Å². The molecule has 7 heteroatoms. The van der Waals surface area contributed by atoms with Crippen LogP contribution in [0.15, 0.2) is 46.9 Å².